The highest BCUT2D eigenvalue weighted by Gasteiger charge is 2.32. The number of nitrogens with one attached hydrogen (secondary N) is 1. The molecule has 0 radical (unpaired) electrons. The number of fused-ring (bicyclic) bond motifs is 1. The van der Waals surface area contributed by atoms with Crippen molar-refractivity contribution in [2.45, 2.75) is 18.8 Å². The summed E-state index contributed by atoms with van der Waals surface area (Å²) in [6.07, 6.45) is -2.36. The molecule has 4 rings (SSSR count). The zero-order valence-electron chi connectivity index (χ0n) is 14.9. The average molecular weight is 401 g/mol. The van der Waals surface area contributed by atoms with Crippen LogP contribution in [0.5, 0.6) is 0 Å². The quantitative estimate of drug-likeness (QED) is 0.588. The van der Waals surface area contributed by atoms with E-state index in [1.807, 2.05) is 47.5 Å². The summed E-state index contributed by atoms with van der Waals surface area (Å²) in [5.74, 6) is 0. The fourth-order valence-corrected chi connectivity index (χ4v) is 3.87. The predicted octanol–water partition coefficient (Wildman–Crippen LogP) is 5.31. The lowest BCUT2D eigenvalue weighted by atomic mass is 10.0. The van der Waals surface area contributed by atoms with Gasteiger partial charge in [0.15, 0.2) is 5.11 Å². The second-order valence-electron chi connectivity index (χ2n) is 6.64. The zero-order valence-corrected chi connectivity index (χ0v) is 15.7. The first kappa shape index (κ1) is 18.6. The highest BCUT2D eigenvalue weighted by molar-refractivity contribution is 7.80. The fourth-order valence-electron chi connectivity index (χ4n) is 3.56. The third-order valence-electron chi connectivity index (χ3n) is 4.86. The second-order valence-corrected chi connectivity index (χ2v) is 7.03. The molecule has 1 N–H and O–H groups in total. The van der Waals surface area contributed by atoms with Gasteiger partial charge in [-0.25, -0.2) is 0 Å². The SMILES string of the molecule is FC(F)(F)c1cccc(NC(=S)N2CCn3cccc3[C@@H]2c2ccccc2)c1. The maximum Gasteiger partial charge on any atom is 0.416 e. The van der Waals surface area contributed by atoms with Crippen LogP contribution in [0.1, 0.15) is 22.9 Å². The largest absolute Gasteiger partial charge is 0.416 e. The molecule has 0 bridgehead atoms. The van der Waals surface area contributed by atoms with Crippen LogP contribution in [0, 0.1) is 0 Å². The van der Waals surface area contributed by atoms with E-state index in [-0.39, 0.29) is 6.04 Å². The molecule has 1 aliphatic rings. The molecule has 1 aromatic heterocycles. The number of halogens is 3. The van der Waals surface area contributed by atoms with E-state index in [1.165, 1.54) is 6.07 Å². The Bertz CT molecular complexity index is 982. The molecule has 2 aromatic carbocycles. The molecule has 0 saturated carbocycles. The molecule has 3 nitrogen and oxygen atoms in total. The molecule has 0 amide bonds. The van der Waals surface area contributed by atoms with E-state index in [1.54, 1.807) is 6.07 Å². The fraction of sp³-hybridized carbons (Fsp3) is 0.190. The van der Waals surface area contributed by atoms with Gasteiger partial charge in [0.05, 0.1) is 11.6 Å². The number of hydrogen-bond donors (Lipinski definition) is 1. The molecule has 1 aliphatic heterocycles. The van der Waals surface area contributed by atoms with Crippen molar-refractivity contribution in [2.24, 2.45) is 0 Å². The summed E-state index contributed by atoms with van der Waals surface area (Å²) in [6, 6.07) is 19.0. The molecule has 1 atom stereocenters. The van der Waals surface area contributed by atoms with Crippen LogP contribution in [-0.4, -0.2) is 21.1 Å². The van der Waals surface area contributed by atoms with Gasteiger partial charge in [-0.3, -0.25) is 0 Å². The molecule has 0 spiro atoms. The Morgan fingerprint density at radius 2 is 1.75 bits per heavy atom. The van der Waals surface area contributed by atoms with E-state index in [0.717, 1.165) is 29.9 Å². The van der Waals surface area contributed by atoms with Gasteiger partial charge in [-0.1, -0.05) is 36.4 Å². The molecular formula is C21H18F3N3S. The van der Waals surface area contributed by atoms with Gasteiger partial charge in [0, 0.05) is 30.7 Å². The van der Waals surface area contributed by atoms with Crippen molar-refractivity contribution in [3.05, 3.63) is 89.7 Å². The van der Waals surface area contributed by atoms with E-state index in [4.69, 9.17) is 12.2 Å². The lowest BCUT2D eigenvalue weighted by molar-refractivity contribution is -0.137. The standard InChI is InChI=1S/C21H18F3N3S/c22-21(23,24)16-8-4-9-17(14-16)25-20(28)27-13-12-26-11-5-10-18(26)19(27)15-6-2-1-3-7-15/h1-11,14,19H,12-13H2,(H,25,28)/t19-/m0/s1. The van der Waals surface area contributed by atoms with Crippen molar-refractivity contribution in [2.75, 3.05) is 11.9 Å². The third kappa shape index (κ3) is 3.62. The highest BCUT2D eigenvalue weighted by Crippen LogP contribution is 2.34. The van der Waals surface area contributed by atoms with Gasteiger partial charge in [0.1, 0.15) is 0 Å². The van der Waals surface area contributed by atoms with E-state index in [0.29, 0.717) is 17.3 Å². The van der Waals surface area contributed by atoms with Crippen LogP contribution in [0.15, 0.2) is 72.9 Å². The average Bonchev–Trinajstić information content (AvgIpc) is 3.16. The molecule has 3 aromatic rings. The Labute approximate surface area is 166 Å². The minimum Gasteiger partial charge on any atom is -0.348 e. The first-order chi connectivity index (χ1) is 13.4. The normalized spacial score (nSPS) is 16.5. The van der Waals surface area contributed by atoms with Crippen LogP contribution in [-0.2, 0) is 12.7 Å². The van der Waals surface area contributed by atoms with E-state index in [2.05, 4.69) is 16.0 Å². The molecular weight excluding hydrogens is 383 g/mol. The minimum absolute atomic E-state index is 0.101. The van der Waals surface area contributed by atoms with Gasteiger partial charge in [0.25, 0.3) is 0 Å². The number of rotatable bonds is 2. The van der Waals surface area contributed by atoms with Gasteiger partial charge >= 0.3 is 6.18 Å². The Hall–Kier alpha value is -2.80. The van der Waals surface area contributed by atoms with Crippen molar-refractivity contribution in [1.82, 2.24) is 9.47 Å². The Morgan fingerprint density at radius 1 is 0.964 bits per heavy atom. The van der Waals surface area contributed by atoms with Gasteiger partial charge in [0.2, 0.25) is 0 Å². The molecule has 0 saturated heterocycles. The van der Waals surface area contributed by atoms with Crippen LogP contribution in [0.25, 0.3) is 0 Å². The van der Waals surface area contributed by atoms with E-state index in [9.17, 15) is 13.2 Å². The number of aromatic nitrogens is 1. The van der Waals surface area contributed by atoms with Gasteiger partial charge in [-0.2, -0.15) is 13.2 Å². The molecule has 2 heterocycles. The van der Waals surface area contributed by atoms with Crippen molar-refractivity contribution in [3.63, 3.8) is 0 Å². The summed E-state index contributed by atoms with van der Waals surface area (Å²) in [7, 11) is 0. The molecule has 28 heavy (non-hydrogen) atoms. The summed E-state index contributed by atoms with van der Waals surface area (Å²) in [6.45, 7) is 1.42. The monoisotopic (exact) mass is 401 g/mol. The van der Waals surface area contributed by atoms with Gasteiger partial charge in [-0.15, -0.1) is 0 Å². The van der Waals surface area contributed by atoms with Gasteiger partial charge < -0.3 is 14.8 Å². The van der Waals surface area contributed by atoms with Crippen LogP contribution in [0.2, 0.25) is 0 Å². The maximum absolute atomic E-state index is 13.0. The number of thiocarbonyl (C=S) groups is 1. The molecule has 0 fully saturated rings. The zero-order chi connectivity index (χ0) is 19.7. The molecule has 7 heteroatoms. The van der Waals surface area contributed by atoms with Crippen molar-refractivity contribution in [1.29, 1.82) is 0 Å². The molecule has 0 aliphatic carbocycles. The summed E-state index contributed by atoms with van der Waals surface area (Å²) in [4.78, 5) is 2.03. The van der Waals surface area contributed by atoms with Crippen molar-refractivity contribution in [3.8, 4) is 0 Å². The van der Waals surface area contributed by atoms with Crippen LogP contribution >= 0.6 is 12.2 Å². The molecule has 144 valence electrons. The van der Waals surface area contributed by atoms with Crippen LogP contribution in [0.3, 0.4) is 0 Å². The van der Waals surface area contributed by atoms with Crippen molar-refractivity contribution < 1.29 is 13.2 Å². The second kappa shape index (κ2) is 7.31. The Balaban J connectivity index is 1.63. The number of hydrogen-bond acceptors (Lipinski definition) is 1. The number of alkyl halides is 3. The lowest BCUT2D eigenvalue weighted by Gasteiger charge is -2.39. The lowest BCUT2D eigenvalue weighted by Crippen LogP contribution is -2.44. The topological polar surface area (TPSA) is 20.2 Å². The first-order valence-corrected chi connectivity index (χ1v) is 9.29. The summed E-state index contributed by atoms with van der Waals surface area (Å²) in [5, 5.41) is 3.40. The minimum atomic E-state index is -4.39. The molecule has 0 unspecified atom stereocenters. The number of nitrogens with zero attached hydrogens (tertiary/aromatic N) is 2. The highest BCUT2D eigenvalue weighted by atomic mass is 32.1. The number of anilines is 1. The Kier molecular flexibility index (Phi) is 4.85. The Morgan fingerprint density at radius 3 is 2.50 bits per heavy atom. The number of benzene rings is 2. The van der Waals surface area contributed by atoms with Crippen molar-refractivity contribution >= 4 is 23.0 Å². The van der Waals surface area contributed by atoms with E-state index < -0.39 is 11.7 Å². The summed E-state index contributed by atoms with van der Waals surface area (Å²) in [5.41, 5.74) is 1.81. The third-order valence-corrected chi connectivity index (χ3v) is 5.19. The van der Waals surface area contributed by atoms with Crippen LogP contribution in [0.4, 0.5) is 18.9 Å². The van der Waals surface area contributed by atoms with Crippen LogP contribution < -0.4 is 5.32 Å². The van der Waals surface area contributed by atoms with Gasteiger partial charge in [-0.05, 0) is 48.1 Å². The summed E-state index contributed by atoms with van der Waals surface area (Å²) >= 11 is 5.60. The van der Waals surface area contributed by atoms with E-state index >= 15 is 0 Å². The smallest absolute Gasteiger partial charge is 0.348 e. The summed E-state index contributed by atoms with van der Waals surface area (Å²) < 4.78 is 41.2. The predicted molar refractivity (Wildman–Crippen MR) is 107 cm³/mol. The maximum atomic E-state index is 13.0. The first-order valence-electron chi connectivity index (χ1n) is 8.88.